The number of rotatable bonds is 5. The maximum Gasteiger partial charge on any atom is 0.144 e. The Kier molecular flexibility index (Phi) is 4.49. The smallest absolute Gasteiger partial charge is 0.144 e. The third-order valence-electron chi connectivity index (χ3n) is 2.40. The molecule has 1 rings (SSSR count). The molecule has 0 spiro atoms. The molecule has 0 radical (unpaired) electrons. The summed E-state index contributed by atoms with van der Waals surface area (Å²) in [6.07, 6.45) is 3.90. The maximum absolute atomic E-state index is 5.89. The summed E-state index contributed by atoms with van der Waals surface area (Å²) in [5, 5.41) is 3.20. The van der Waals surface area contributed by atoms with Crippen LogP contribution in [0.25, 0.3) is 0 Å². The Labute approximate surface area is 91.3 Å². The van der Waals surface area contributed by atoms with Gasteiger partial charge in [0.2, 0.25) is 0 Å². The molecule has 3 N–H and O–H groups in total. The molecule has 1 aromatic rings. The van der Waals surface area contributed by atoms with Gasteiger partial charge in [0.05, 0.1) is 17.6 Å². The van der Waals surface area contributed by atoms with Gasteiger partial charge in [-0.05, 0) is 20.3 Å². The van der Waals surface area contributed by atoms with Gasteiger partial charge in [0.25, 0.3) is 0 Å². The Morgan fingerprint density at radius 2 is 2.13 bits per heavy atom. The summed E-state index contributed by atoms with van der Waals surface area (Å²) in [7, 11) is 0. The molecule has 84 valence electrons. The number of nitrogens with zero attached hydrogens (tertiary/aromatic N) is 2. The topological polar surface area (TPSA) is 63.8 Å². The van der Waals surface area contributed by atoms with Crippen molar-refractivity contribution in [1.82, 2.24) is 9.97 Å². The lowest BCUT2D eigenvalue weighted by atomic mass is 10.2. The van der Waals surface area contributed by atoms with Gasteiger partial charge in [-0.1, -0.05) is 13.3 Å². The van der Waals surface area contributed by atoms with Crippen LogP contribution in [0.2, 0.25) is 0 Å². The minimum Gasteiger partial charge on any atom is -0.367 e. The molecule has 0 aliphatic rings. The molecule has 0 aliphatic heterocycles. The summed E-state index contributed by atoms with van der Waals surface area (Å²) in [6.45, 7) is 6.80. The molecule has 1 heterocycles. The van der Waals surface area contributed by atoms with E-state index in [9.17, 15) is 0 Å². The zero-order chi connectivity index (χ0) is 11.3. The largest absolute Gasteiger partial charge is 0.367 e. The molecule has 0 saturated carbocycles. The van der Waals surface area contributed by atoms with Gasteiger partial charge in [0.1, 0.15) is 5.82 Å². The van der Waals surface area contributed by atoms with Crippen LogP contribution in [-0.4, -0.2) is 22.6 Å². The Balaban J connectivity index is 2.47. The standard InChI is InChI=1S/C11H20N4/c1-4-5-10(12)6-14-11-7-13-8(2)9(3)15-11/h7,10H,4-6,12H2,1-3H3,(H,14,15). The van der Waals surface area contributed by atoms with Gasteiger partial charge in [-0.15, -0.1) is 0 Å². The van der Waals surface area contributed by atoms with Crippen molar-refractivity contribution in [3.63, 3.8) is 0 Å². The van der Waals surface area contributed by atoms with E-state index in [-0.39, 0.29) is 6.04 Å². The van der Waals surface area contributed by atoms with E-state index >= 15 is 0 Å². The zero-order valence-electron chi connectivity index (χ0n) is 9.75. The van der Waals surface area contributed by atoms with Crippen molar-refractivity contribution >= 4 is 5.82 Å². The number of nitrogens with two attached hydrogens (primary N) is 1. The summed E-state index contributed by atoms with van der Waals surface area (Å²) in [4.78, 5) is 8.61. The van der Waals surface area contributed by atoms with Crippen molar-refractivity contribution < 1.29 is 0 Å². The highest BCUT2D eigenvalue weighted by Gasteiger charge is 2.02. The van der Waals surface area contributed by atoms with Gasteiger partial charge in [0, 0.05) is 12.6 Å². The van der Waals surface area contributed by atoms with Gasteiger partial charge in [-0.2, -0.15) is 0 Å². The van der Waals surface area contributed by atoms with Crippen LogP contribution >= 0.6 is 0 Å². The minimum absolute atomic E-state index is 0.193. The van der Waals surface area contributed by atoms with E-state index < -0.39 is 0 Å². The van der Waals surface area contributed by atoms with E-state index in [1.165, 1.54) is 0 Å². The fraction of sp³-hybridized carbons (Fsp3) is 0.636. The van der Waals surface area contributed by atoms with E-state index in [0.29, 0.717) is 0 Å². The second kappa shape index (κ2) is 5.66. The quantitative estimate of drug-likeness (QED) is 0.772. The lowest BCUT2D eigenvalue weighted by molar-refractivity contribution is 0.626. The molecular formula is C11H20N4. The summed E-state index contributed by atoms with van der Waals surface area (Å²) < 4.78 is 0. The lowest BCUT2D eigenvalue weighted by Gasteiger charge is -2.12. The SMILES string of the molecule is CCCC(N)CNc1cnc(C)c(C)n1. The van der Waals surface area contributed by atoms with E-state index in [4.69, 9.17) is 5.73 Å². The van der Waals surface area contributed by atoms with Gasteiger partial charge < -0.3 is 11.1 Å². The van der Waals surface area contributed by atoms with Crippen molar-refractivity contribution in [2.75, 3.05) is 11.9 Å². The fourth-order valence-electron chi connectivity index (χ4n) is 1.34. The summed E-state index contributed by atoms with van der Waals surface area (Å²) in [5.74, 6) is 0.810. The van der Waals surface area contributed by atoms with Gasteiger partial charge in [-0.25, -0.2) is 4.98 Å². The van der Waals surface area contributed by atoms with Crippen LogP contribution in [-0.2, 0) is 0 Å². The number of anilines is 1. The second-order valence-corrected chi connectivity index (χ2v) is 3.86. The monoisotopic (exact) mass is 208 g/mol. The number of hydrogen-bond donors (Lipinski definition) is 2. The molecule has 4 heteroatoms. The minimum atomic E-state index is 0.193. The van der Waals surface area contributed by atoms with Crippen LogP contribution in [0.3, 0.4) is 0 Å². The van der Waals surface area contributed by atoms with Gasteiger partial charge >= 0.3 is 0 Å². The molecule has 0 saturated heterocycles. The number of nitrogens with one attached hydrogen (secondary N) is 1. The Morgan fingerprint density at radius 1 is 1.40 bits per heavy atom. The van der Waals surface area contributed by atoms with Crippen LogP contribution in [0.4, 0.5) is 5.82 Å². The van der Waals surface area contributed by atoms with E-state index in [1.807, 2.05) is 13.8 Å². The van der Waals surface area contributed by atoms with Gasteiger partial charge in [0.15, 0.2) is 0 Å². The highest BCUT2D eigenvalue weighted by atomic mass is 15.0. The zero-order valence-corrected chi connectivity index (χ0v) is 9.75. The molecule has 0 aliphatic carbocycles. The van der Waals surface area contributed by atoms with E-state index in [1.54, 1.807) is 6.20 Å². The van der Waals surface area contributed by atoms with E-state index in [0.717, 1.165) is 36.6 Å². The van der Waals surface area contributed by atoms with Gasteiger partial charge in [-0.3, -0.25) is 4.98 Å². The molecule has 15 heavy (non-hydrogen) atoms. The Hall–Kier alpha value is -1.16. The predicted molar refractivity (Wildman–Crippen MR) is 62.9 cm³/mol. The van der Waals surface area contributed by atoms with Crippen molar-refractivity contribution in [3.05, 3.63) is 17.6 Å². The van der Waals surface area contributed by atoms with Crippen molar-refractivity contribution in [1.29, 1.82) is 0 Å². The molecule has 1 unspecified atom stereocenters. The van der Waals surface area contributed by atoms with Crippen LogP contribution in [0, 0.1) is 13.8 Å². The first-order chi connectivity index (χ1) is 7.13. The molecule has 1 atom stereocenters. The van der Waals surface area contributed by atoms with E-state index in [2.05, 4.69) is 22.2 Å². The average Bonchev–Trinajstić information content (AvgIpc) is 2.20. The summed E-state index contributed by atoms with van der Waals surface area (Å²) in [6, 6.07) is 0.193. The predicted octanol–water partition coefficient (Wildman–Crippen LogP) is 1.63. The number of hydrogen-bond acceptors (Lipinski definition) is 4. The normalized spacial score (nSPS) is 12.5. The van der Waals surface area contributed by atoms with Crippen molar-refractivity contribution in [3.8, 4) is 0 Å². The second-order valence-electron chi connectivity index (χ2n) is 3.86. The van der Waals surface area contributed by atoms with Crippen LogP contribution in [0.5, 0.6) is 0 Å². The molecule has 0 fully saturated rings. The first kappa shape index (κ1) is 11.9. The molecule has 0 bridgehead atoms. The first-order valence-electron chi connectivity index (χ1n) is 5.43. The lowest BCUT2D eigenvalue weighted by Crippen LogP contribution is -2.29. The Morgan fingerprint density at radius 3 is 2.73 bits per heavy atom. The summed E-state index contributed by atoms with van der Waals surface area (Å²) in [5.41, 5.74) is 7.82. The van der Waals surface area contributed by atoms with Crippen LogP contribution < -0.4 is 11.1 Å². The molecule has 4 nitrogen and oxygen atoms in total. The molecule has 0 amide bonds. The summed E-state index contributed by atoms with van der Waals surface area (Å²) >= 11 is 0. The third-order valence-corrected chi connectivity index (χ3v) is 2.40. The number of aryl methyl sites for hydroxylation is 2. The highest BCUT2D eigenvalue weighted by Crippen LogP contribution is 2.05. The molecule has 1 aromatic heterocycles. The first-order valence-corrected chi connectivity index (χ1v) is 5.43. The van der Waals surface area contributed by atoms with Crippen molar-refractivity contribution in [2.24, 2.45) is 5.73 Å². The van der Waals surface area contributed by atoms with Crippen LogP contribution in [0.15, 0.2) is 6.20 Å². The average molecular weight is 208 g/mol. The highest BCUT2D eigenvalue weighted by molar-refractivity contribution is 5.33. The molecular weight excluding hydrogens is 188 g/mol. The fourth-order valence-corrected chi connectivity index (χ4v) is 1.34. The molecule has 0 aromatic carbocycles. The third kappa shape index (κ3) is 3.83. The number of aromatic nitrogens is 2. The van der Waals surface area contributed by atoms with Crippen LogP contribution in [0.1, 0.15) is 31.2 Å². The Bertz CT molecular complexity index is 311. The van der Waals surface area contributed by atoms with Crippen molar-refractivity contribution in [2.45, 2.75) is 39.7 Å². The maximum atomic E-state index is 5.89.